The van der Waals surface area contributed by atoms with Crippen LogP contribution in [0.3, 0.4) is 0 Å². The van der Waals surface area contributed by atoms with E-state index >= 15 is 0 Å². The Balaban J connectivity index is 0.00000220. The van der Waals surface area contributed by atoms with Gasteiger partial charge in [0, 0.05) is 12.6 Å². The van der Waals surface area contributed by atoms with Gasteiger partial charge in [-0.3, -0.25) is 0 Å². The van der Waals surface area contributed by atoms with E-state index in [1.165, 1.54) is 0 Å². The van der Waals surface area contributed by atoms with Gasteiger partial charge in [0.2, 0.25) is 10.0 Å². The van der Waals surface area contributed by atoms with Crippen molar-refractivity contribution in [3.05, 3.63) is 22.7 Å². The van der Waals surface area contributed by atoms with Gasteiger partial charge in [-0.1, -0.05) is 0 Å². The van der Waals surface area contributed by atoms with Crippen LogP contribution in [0.4, 0.5) is 0 Å². The fourth-order valence-corrected chi connectivity index (χ4v) is 4.10. The van der Waals surface area contributed by atoms with Crippen molar-refractivity contribution in [2.45, 2.75) is 30.7 Å². The van der Waals surface area contributed by atoms with E-state index in [1.54, 1.807) is 18.2 Å². The van der Waals surface area contributed by atoms with E-state index < -0.39 is 10.0 Å². The molecule has 2 N–H and O–H groups in total. The average molecular weight is 400 g/mol. The van der Waals surface area contributed by atoms with Gasteiger partial charge in [0.15, 0.2) is 0 Å². The van der Waals surface area contributed by atoms with E-state index in [0.717, 1.165) is 19.4 Å². The predicted molar refractivity (Wildman–Crippen MR) is 88.8 cm³/mol. The molecular formula is C13H20BrClN2O3S. The molecule has 0 aliphatic carbocycles. The summed E-state index contributed by atoms with van der Waals surface area (Å²) in [5.41, 5.74) is 0. The van der Waals surface area contributed by atoms with Gasteiger partial charge in [-0.05, 0) is 60.4 Å². The number of hydrogen-bond donors (Lipinski definition) is 2. The van der Waals surface area contributed by atoms with Gasteiger partial charge in [0.1, 0.15) is 5.75 Å². The van der Waals surface area contributed by atoms with Crippen molar-refractivity contribution in [3.63, 3.8) is 0 Å². The molecule has 2 rings (SSSR count). The van der Waals surface area contributed by atoms with Crippen molar-refractivity contribution in [2.24, 2.45) is 0 Å². The Labute approximate surface area is 140 Å². The lowest BCUT2D eigenvalue weighted by atomic mass is 10.1. The Bertz CT molecular complexity index is 563. The normalized spacial score (nSPS) is 18.9. The van der Waals surface area contributed by atoms with Gasteiger partial charge in [0.05, 0.1) is 16.0 Å². The summed E-state index contributed by atoms with van der Waals surface area (Å²) in [6.07, 6.45) is 1.85. The highest BCUT2D eigenvalue weighted by molar-refractivity contribution is 9.10. The zero-order chi connectivity index (χ0) is 14.6. The third kappa shape index (κ3) is 5.10. The minimum atomic E-state index is -3.49. The van der Waals surface area contributed by atoms with Crippen LogP contribution >= 0.6 is 28.3 Å². The molecule has 0 saturated carbocycles. The first-order valence-corrected chi connectivity index (χ1v) is 8.96. The smallest absolute Gasteiger partial charge is 0.240 e. The van der Waals surface area contributed by atoms with Crippen LogP contribution in [-0.2, 0) is 10.0 Å². The molecule has 0 aromatic heterocycles. The van der Waals surface area contributed by atoms with Gasteiger partial charge >= 0.3 is 0 Å². The average Bonchev–Trinajstić information content (AvgIpc) is 2.42. The summed E-state index contributed by atoms with van der Waals surface area (Å²) >= 11 is 3.34. The maximum absolute atomic E-state index is 12.3. The number of halogens is 2. The molecule has 120 valence electrons. The van der Waals surface area contributed by atoms with Gasteiger partial charge in [-0.15, -0.1) is 12.4 Å². The highest BCUT2D eigenvalue weighted by Gasteiger charge is 2.22. The van der Waals surface area contributed by atoms with Crippen molar-refractivity contribution in [3.8, 4) is 5.75 Å². The first-order valence-electron chi connectivity index (χ1n) is 6.68. The van der Waals surface area contributed by atoms with E-state index in [1.807, 2.05) is 6.92 Å². The lowest BCUT2D eigenvalue weighted by Crippen LogP contribution is -2.45. The van der Waals surface area contributed by atoms with Crippen molar-refractivity contribution in [2.75, 3.05) is 19.7 Å². The fraction of sp³-hybridized carbons (Fsp3) is 0.538. The van der Waals surface area contributed by atoms with Crippen LogP contribution in [0.2, 0.25) is 0 Å². The molecule has 0 spiro atoms. The van der Waals surface area contributed by atoms with Gasteiger partial charge in [-0.2, -0.15) is 0 Å². The Hall–Kier alpha value is -0.340. The summed E-state index contributed by atoms with van der Waals surface area (Å²) < 4.78 is 33.4. The SMILES string of the molecule is CCOc1ccc(S(=O)(=O)NC2CCCNC2)cc1Br.Cl. The maximum atomic E-state index is 12.3. The molecule has 1 heterocycles. The first-order chi connectivity index (χ1) is 9.53. The van der Waals surface area contributed by atoms with Crippen molar-refractivity contribution < 1.29 is 13.2 Å². The number of sulfonamides is 1. The molecule has 5 nitrogen and oxygen atoms in total. The number of piperidine rings is 1. The molecule has 1 fully saturated rings. The Morgan fingerprint density at radius 3 is 2.81 bits per heavy atom. The van der Waals surface area contributed by atoms with Crippen LogP contribution in [-0.4, -0.2) is 34.2 Å². The second-order valence-corrected chi connectivity index (χ2v) is 7.26. The lowest BCUT2D eigenvalue weighted by molar-refractivity contribution is 0.338. The minimum absolute atomic E-state index is 0. The number of hydrogen-bond acceptors (Lipinski definition) is 4. The lowest BCUT2D eigenvalue weighted by Gasteiger charge is -2.23. The second-order valence-electron chi connectivity index (χ2n) is 4.69. The maximum Gasteiger partial charge on any atom is 0.240 e. The summed E-state index contributed by atoms with van der Waals surface area (Å²) in [7, 11) is -3.49. The van der Waals surface area contributed by atoms with Crippen LogP contribution in [0.25, 0.3) is 0 Å². The topological polar surface area (TPSA) is 67.4 Å². The van der Waals surface area contributed by atoms with Crippen LogP contribution in [0.1, 0.15) is 19.8 Å². The molecule has 1 atom stereocenters. The molecule has 1 aliphatic heterocycles. The highest BCUT2D eigenvalue weighted by Crippen LogP contribution is 2.28. The molecule has 21 heavy (non-hydrogen) atoms. The third-order valence-electron chi connectivity index (χ3n) is 3.13. The zero-order valence-electron chi connectivity index (χ0n) is 11.8. The minimum Gasteiger partial charge on any atom is -0.493 e. The van der Waals surface area contributed by atoms with Crippen molar-refractivity contribution in [1.29, 1.82) is 0 Å². The fourth-order valence-electron chi connectivity index (χ4n) is 2.16. The monoisotopic (exact) mass is 398 g/mol. The van der Waals surface area contributed by atoms with E-state index in [9.17, 15) is 8.42 Å². The number of nitrogens with one attached hydrogen (secondary N) is 2. The molecule has 1 saturated heterocycles. The van der Waals surface area contributed by atoms with Gasteiger partial charge in [0.25, 0.3) is 0 Å². The van der Waals surface area contributed by atoms with E-state index in [-0.39, 0.29) is 23.3 Å². The van der Waals surface area contributed by atoms with E-state index in [0.29, 0.717) is 23.4 Å². The molecule has 8 heteroatoms. The number of rotatable bonds is 5. The van der Waals surface area contributed by atoms with E-state index in [4.69, 9.17) is 4.74 Å². The van der Waals surface area contributed by atoms with Crippen LogP contribution in [0.5, 0.6) is 5.75 Å². The Kier molecular flexibility index (Phi) is 7.42. The van der Waals surface area contributed by atoms with Crippen molar-refractivity contribution >= 4 is 38.4 Å². The molecule has 0 bridgehead atoms. The summed E-state index contributed by atoms with van der Waals surface area (Å²) in [4.78, 5) is 0.249. The van der Waals surface area contributed by atoms with Crippen molar-refractivity contribution in [1.82, 2.24) is 10.0 Å². The molecule has 1 unspecified atom stereocenters. The second kappa shape index (κ2) is 8.33. The summed E-state index contributed by atoms with van der Waals surface area (Å²) in [6.45, 7) is 4.05. The van der Waals surface area contributed by atoms with Crippen LogP contribution in [0.15, 0.2) is 27.6 Å². The summed E-state index contributed by atoms with van der Waals surface area (Å²) in [5, 5.41) is 3.19. The molecule has 1 aromatic rings. The largest absolute Gasteiger partial charge is 0.493 e. The molecular weight excluding hydrogens is 380 g/mol. The standard InChI is InChI=1S/C13H19BrN2O3S.ClH/c1-2-19-13-6-5-11(8-12(13)14)20(17,18)16-10-4-3-7-15-9-10;/h5-6,8,10,15-16H,2-4,7,9H2,1H3;1H. The van der Waals surface area contributed by atoms with Gasteiger partial charge in [-0.25, -0.2) is 13.1 Å². The Morgan fingerprint density at radius 2 is 2.24 bits per heavy atom. The first kappa shape index (κ1) is 18.7. The molecule has 0 amide bonds. The molecule has 0 radical (unpaired) electrons. The zero-order valence-corrected chi connectivity index (χ0v) is 15.0. The molecule has 1 aromatic carbocycles. The van der Waals surface area contributed by atoms with Crippen LogP contribution in [0, 0.1) is 0 Å². The number of benzene rings is 1. The van der Waals surface area contributed by atoms with Gasteiger partial charge < -0.3 is 10.1 Å². The third-order valence-corrected chi connectivity index (χ3v) is 5.27. The quantitative estimate of drug-likeness (QED) is 0.797. The summed E-state index contributed by atoms with van der Waals surface area (Å²) in [6, 6.07) is 4.76. The predicted octanol–water partition coefficient (Wildman–Crippen LogP) is 2.30. The summed E-state index contributed by atoms with van der Waals surface area (Å²) in [5.74, 6) is 0.644. The number of ether oxygens (including phenoxy) is 1. The Morgan fingerprint density at radius 1 is 1.48 bits per heavy atom. The van der Waals surface area contributed by atoms with Crippen LogP contribution < -0.4 is 14.8 Å². The van der Waals surface area contributed by atoms with E-state index in [2.05, 4.69) is 26.0 Å². The highest BCUT2D eigenvalue weighted by atomic mass is 79.9. The molecule has 1 aliphatic rings.